The Balaban J connectivity index is 1.11. The molecular formula is C27H35N5O2. The lowest BCUT2D eigenvalue weighted by atomic mass is 9.96. The van der Waals surface area contributed by atoms with E-state index in [2.05, 4.69) is 20.9 Å². The Morgan fingerprint density at radius 2 is 1.76 bits per heavy atom. The highest BCUT2D eigenvalue weighted by atomic mass is 16.2. The smallest absolute Gasteiger partial charge is 0.253 e. The third-order valence-electron chi connectivity index (χ3n) is 7.41. The summed E-state index contributed by atoms with van der Waals surface area (Å²) in [6.45, 7) is 8.31. The summed E-state index contributed by atoms with van der Waals surface area (Å²) in [5, 5.41) is 0. The van der Waals surface area contributed by atoms with E-state index in [4.69, 9.17) is 0 Å². The highest BCUT2D eigenvalue weighted by Gasteiger charge is 2.27. The highest BCUT2D eigenvalue weighted by molar-refractivity contribution is 5.94. The van der Waals surface area contributed by atoms with E-state index >= 15 is 0 Å². The molecule has 1 aromatic carbocycles. The number of carbonyl (C=O) groups is 2. The van der Waals surface area contributed by atoms with E-state index in [0.717, 1.165) is 82.1 Å². The van der Waals surface area contributed by atoms with Crippen LogP contribution in [0.25, 0.3) is 0 Å². The molecule has 0 aliphatic carbocycles. The summed E-state index contributed by atoms with van der Waals surface area (Å²) < 4.78 is 0. The van der Waals surface area contributed by atoms with Gasteiger partial charge in [-0.15, -0.1) is 0 Å². The maximum atomic E-state index is 13.2. The Bertz CT molecular complexity index is 972. The monoisotopic (exact) mass is 461 g/mol. The van der Waals surface area contributed by atoms with Gasteiger partial charge in [-0.25, -0.2) is 4.98 Å². The van der Waals surface area contributed by atoms with E-state index in [9.17, 15) is 9.59 Å². The lowest BCUT2D eigenvalue weighted by molar-refractivity contribution is -0.128. The molecular weight excluding hydrogens is 426 g/mol. The number of likely N-dealkylation sites (tertiary alicyclic amines) is 2. The molecule has 1 unspecified atom stereocenters. The Morgan fingerprint density at radius 3 is 2.47 bits per heavy atom. The van der Waals surface area contributed by atoms with Crippen LogP contribution in [0.4, 0.5) is 5.82 Å². The van der Waals surface area contributed by atoms with Crippen LogP contribution in [0.2, 0.25) is 0 Å². The zero-order valence-corrected chi connectivity index (χ0v) is 19.9. The summed E-state index contributed by atoms with van der Waals surface area (Å²) in [4.78, 5) is 38.4. The molecule has 5 rings (SSSR count). The molecule has 0 bridgehead atoms. The maximum absolute atomic E-state index is 13.2. The first-order chi connectivity index (χ1) is 16.7. The normalized spacial score (nSPS) is 21.8. The van der Waals surface area contributed by atoms with Gasteiger partial charge in [0.1, 0.15) is 5.82 Å². The van der Waals surface area contributed by atoms with Crippen LogP contribution in [0.1, 0.15) is 41.6 Å². The molecule has 3 aliphatic heterocycles. The van der Waals surface area contributed by atoms with E-state index in [0.29, 0.717) is 18.9 Å². The summed E-state index contributed by atoms with van der Waals surface area (Å²) in [6, 6.07) is 13.9. The number of nitrogens with zero attached hydrogens (tertiary/aromatic N) is 5. The molecule has 1 aromatic heterocycles. The second-order valence-electron chi connectivity index (χ2n) is 9.85. The van der Waals surface area contributed by atoms with Gasteiger partial charge in [-0.2, -0.15) is 0 Å². The van der Waals surface area contributed by atoms with Gasteiger partial charge in [0.15, 0.2) is 0 Å². The first-order valence-corrected chi connectivity index (χ1v) is 12.7. The second kappa shape index (κ2) is 10.6. The van der Waals surface area contributed by atoms with Crippen molar-refractivity contribution >= 4 is 17.6 Å². The average molecular weight is 462 g/mol. The number of benzene rings is 1. The molecule has 4 heterocycles. The standard InChI is InChI=1S/C27H35N5O2/c33-26-7-4-13-31(26)20-22-8-10-24(11-9-22)27(34)32-14-3-5-23(21-32)19-29-15-17-30(18-16-29)25-6-1-2-12-28-25/h1-2,6,8-12,23H,3-5,7,13-21H2. The topological polar surface area (TPSA) is 60.0 Å². The van der Waals surface area contributed by atoms with Crippen molar-refractivity contribution in [2.75, 3.05) is 57.3 Å². The number of pyridine rings is 1. The lowest BCUT2D eigenvalue weighted by Crippen LogP contribution is -2.50. The minimum Gasteiger partial charge on any atom is -0.354 e. The van der Waals surface area contributed by atoms with Crippen molar-refractivity contribution in [3.8, 4) is 0 Å². The fourth-order valence-corrected chi connectivity index (χ4v) is 5.49. The number of amides is 2. The molecule has 0 radical (unpaired) electrons. The molecule has 0 N–H and O–H groups in total. The number of carbonyl (C=O) groups excluding carboxylic acids is 2. The number of hydrogen-bond donors (Lipinski definition) is 0. The molecule has 34 heavy (non-hydrogen) atoms. The van der Waals surface area contributed by atoms with E-state index in [1.165, 1.54) is 6.42 Å². The van der Waals surface area contributed by atoms with Gasteiger partial charge in [-0.1, -0.05) is 18.2 Å². The second-order valence-corrected chi connectivity index (χ2v) is 9.85. The van der Waals surface area contributed by atoms with Crippen molar-refractivity contribution in [3.05, 3.63) is 59.8 Å². The number of hydrogen-bond acceptors (Lipinski definition) is 5. The van der Waals surface area contributed by atoms with Crippen molar-refractivity contribution in [3.63, 3.8) is 0 Å². The Morgan fingerprint density at radius 1 is 0.941 bits per heavy atom. The molecule has 1 atom stereocenters. The van der Waals surface area contributed by atoms with Crippen molar-refractivity contribution < 1.29 is 9.59 Å². The summed E-state index contributed by atoms with van der Waals surface area (Å²) in [5.41, 5.74) is 1.84. The van der Waals surface area contributed by atoms with E-state index in [-0.39, 0.29) is 11.8 Å². The largest absolute Gasteiger partial charge is 0.354 e. The molecule has 3 saturated heterocycles. The molecule has 2 amide bonds. The summed E-state index contributed by atoms with van der Waals surface area (Å²) in [5.74, 6) is 1.96. The zero-order valence-electron chi connectivity index (χ0n) is 19.9. The van der Waals surface area contributed by atoms with E-state index < -0.39 is 0 Å². The fraction of sp³-hybridized carbons (Fsp3) is 0.519. The van der Waals surface area contributed by atoms with Gasteiger partial charge in [0.25, 0.3) is 5.91 Å². The van der Waals surface area contributed by atoms with Gasteiger partial charge >= 0.3 is 0 Å². The summed E-state index contributed by atoms with van der Waals surface area (Å²) in [6.07, 6.45) is 5.72. The van der Waals surface area contributed by atoms with Crippen molar-refractivity contribution in [1.29, 1.82) is 0 Å². The minimum atomic E-state index is 0.133. The van der Waals surface area contributed by atoms with Crippen LogP contribution in [0.3, 0.4) is 0 Å². The quantitative estimate of drug-likeness (QED) is 0.662. The molecule has 2 aromatic rings. The number of piperidine rings is 1. The highest BCUT2D eigenvalue weighted by Crippen LogP contribution is 2.22. The first-order valence-electron chi connectivity index (χ1n) is 12.7. The molecule has 0 spiro atoms. The predicted molar refractivity (Wildman–Crippen MR) is 133 cm³/mol. The molecule has 3 aliphatic rings. The van der Waals surface area contributed by atoms with Crippen LogP contribution in [0, 0.1) is 5.92 Å². The van der Waals surface area contributed by atoms with Crippen molar-refractivity contribution in [2.45, 2.75) is 32.2 Å². The molecule has 3 fully saturated rings. The van der Waals surface area contributed by atoms with Crippen molar-refractivity contribution in [1.82, 2.24) is 19.7 Å². The minimum absolute atomic E-state index is 0.133. The summed E-state index contributed by atoms with van der Waals surface area (Å²) >= 11 is 0. The lowest BCUT2D eigenvalue weighted by Gasteiger charge is -2.39. The third kappa shape index (κ3) is 5.41. The number of aromatic nitrogens is 1. The first kappa shape index (κ1) is 22.8. The van der Waals surface area contributed by atoms with Crippen molar-refractivity contribution in [2.24, 2.45) is 5.92 Å². The van der Waals surface area contributed by atoms with Crippen LogP contribution in [-0.2, 0) is 11.3 Å². The van der Waals surface area contributed by atoms with Crippen LogP contribution in [0.5, 0.6) is 0 Å². The number of rotatable bonds is 6. The van der Waals surface area contributed by atoms with Gasteiger partial charge < -0.3 is 14.7 Å². The number of piperazine rings is 1. The van der Waals surface area contributed by atoms with Gasteiger partial charge in [0.2, 0.25) is 5.91 Å². The van der Waals surface area contributed by atoms with Crippen LogP contribution < -0.4 is 4.90 Å². The maximum Gasteiger partial charge on any atom is 0.253 e. The average Bonchev–Trinajstić information content (AvgIpc) is 3.29. The van der Waals surface area contributed by atoms with E-state index in [1.807, 2.05) is 52.4 Å². The molecule has 7 heteroatoms. The van der Waals surface area contributed by atoms with Gasteiger partial charge in [0, 0.05) is 77.1 Å². The molecule has 180 valence electrons. The van der Waals surface area contributed by atoms with Crippen LogP contribution >= 0.6 is 0 Å². The van der Waals surface area contributed by atoms with Crippen LogP contribution in [0.15, 0.2) is 48.7 Å². The van der Waals surface area contributed by atoms with Gasteiger partial charge in [-0.05, 0) is 55.0 Å². The Labute approximate surface area is 202 Å². The third-order valence-corrected chi connectivity index (χ3v) is 7.41. The SMILES string of the molecule is O=C1CCCN1Cc1ccc(C(=O)N2CCCC(CN3CCN(c4ccccn4)CC3)C2)cc1. The Hall–Kier alpha value is -2.93. The van der Waals surface area contributed by atoms with Crippen LogP contribution in [-0.4, -0.2) is 83.9 Å². The summed E-state index contributed by atoms with van der Waals surface area (Å²) in [7, 11) is 0. The van der Waals surface area contributed by atoms with Gasteiger partial charge in [-0.3, -0.25) is 14.5 Å². The number of anilines is 1. The Kier molecular flexibility index (Phi) is 7.09. The fourth-order valence-electron chi connectivity index (χ4n) is 5.49. The zero-order chi connectivity index (χ0) is 23.3. The predicted octanol–water partition coefficient (Wildman–Crippen LogP) is 2.88. The molecule has 0 saturated carbocycles. The van der Waals surface area contributed by atoms with Gasteiger partial charge in [0.05, 0.1) is 0 Å². The molecule has 7 nitrogen and oxygen atoms in total. The van der Waals surface area contributed by atoms with E-state index in [1.54, 1.807) is 0 Å².